The second-order valence-corrected chi connectivity index (χ2v) is 8.57. The molecule has 0 aliphatic carbocycles. The van der Waals surface area contributed by atoms with E-state index in [-0.39, 0.29) is 0 Å². The van der Waals surface area contributed by atoms with E-state index in [4.69, 9.17) is 26.6 Å². The van der Waals surface area contributed by atoms with Crippen molar-refractivity contribution in [2.45, 2.75) is 89.7 Å². The molecule has 0 fully saturated rings. The van der Waals surface area contributed by atoms with Crippen molar-refractivity contribution >= 4 is 18.5 Å². The summed E-state index contributed by atoms with van der Waals surface area (Å²) in [6.45, 7) is 2.25. The van der Waals surface area contributed by atoms with Gasteiger partial charge in [-0.2, -0.15) is 0 Å². The molecule has 0 amide bonds. The van der Waals surface area contributed by atoms with Gasteiger partial charge in [0.15, 0.2) is 0 Å². The van der Waals surface area contributed by atoms with Gasteiger partial charge in [-0.05, 0) is 12.6 Å². The zero-order chi connectivity index (χ0) is 15.3. The highest BCUT2D eigenvalue weighted by Crippen LogP contribution is 2.50. The molecular formula is C15H32ClO3P. The van der Waals surface area contributed by atoms with Gasteiger partial charge in [0.05, 0.1) is 7.27 Å². The SMILES string of the molecule is CCCCCCCCCCCCCCP(Cl)C(O)(O)O. The van der Waals surface area contributed by atoms with Crippen LogP contribution in [0.5, 0.6) is 0 Å². The van der Waals surface area contributed by atoms with Gasteiger partial charge in [0, 0.05) is 0 Å². The molecule has 20 heavy (non-hydrogen) atoms. The van der Waals surface area contributed by atoms with Crippen LogP contribution < -0.4 is 0 Å². The number of hydrogen-bond donors (Lipinski definition) is 3. The Bertz CT molecular complexity index is 210. The molecule has 0 aromatic rings. The smallest absolute Gasteiger partial charge is 0.308 e. The van der Waals surface area contributed by atoms with Crippen LogP contribution in [-0.2, 0) is 0 Å². The van der Waals surface area contributed by atoms with Crippen LogP contribution in [0.2, 0.25) is 0 Å². The van der Waals surface area contributed by atoms with Gasteiger partial charge in [0.2, 0.25) is 0 Å². The Morgan fingerprint density at radius 3 is 1.40 bits per heavy atom. The second-order valence-electron chi connectivity index (χ2n) is 5.57. The summed E-state index contributed by atoms with van der Waals surface area (Å²) in [6, 6.07) is 0. The lowest BCUT2D eigenvalue weighted by Crippen LogP contribution is -2.23. The maximum Gasteiger partial charge on any atom is 0.308 e. The molecule has 5 heteroatoms. The zero-order valence-electron chi connectivity index (χ0n) is 12.9. The van der Waals surface area contributed by atoms with Crippen LogP contribution in [0.3, 0.4) is 0 Å². The molecule has 0 saturated heterocycles. The van der Waals surface area contributed by atoms with Gasteiger partial charge in [-0.25, -0.2) is 0 Å². The number of hydrogen-bond acceptors (Lipinski definition) is 3. The highest BCUT2D eigenvalue weighted by molar-refractivity contribution is 7.84. The molecule has 0 radical (unpaired) electrons. The first-order valence-corrected chi connectivity index (χ1v) is 10.5. The molecule has 0 aliphatic rings. The number of rotatable bonds is 14. The average molecular weight is 327 g/mol. The van der Waals surface area contributed by atoms with Crippen LogP contribution >= 0.6 is 18.5 Å². The van der Waals surface area contributed by atoms with Crippen molar-refractivity contribution in [3.8, 4) is 0 Å². The van der Waals surface area contributed by atoms with E-state index >= 15 is 0 Å². The van der Waals surface area contributed by atoms with E-state index in [2.05, 4.69) is 6.92 Å². The van der Waals surface area contributed by atoms with E-state index in [1.165, 1.54) is 64.2 Å². The van der Waals surface area contributed by atoms with Crippen LogP contribution in [0.4, 0.5) is 0 Å². The van der Waals surface area contributed by atoms with Crippen LogP contribution in [0, 0.1) is 0 Å². The zero-order valence-corrected chi connectivity index (χ0v) is 14.5. The van der Waals surface area contributed by atoms with Crippen molar-refractivity contribution in [2.75, 3.05) is 6.16 Å². The standard InChI is InChI=1S/C15H32ClO3P/c1-2-3-4-5-6-7-8-9-10-11-12-13-14-20(16)15(17,18)19/h17-19H,2-14H2,1H3. The van der Waals surface area contributed by atoms with E-state index in [0.29, 0.717) is 6.16 Å². The fourth-order valence-electron chi connectivity index (χ4n) is 2.24. The largest absolute Gasteiger partial charge is 0.339 e. The highest BCUT2D eigenvalue weighted by atomic mass is 35.7. The third kappa shape index (κ3) is 13.6. The summed E-state index contributed by atoms with van der Waals surface area (Å²) < 4.78 is 0. The monoisotopic (exact) mass is 326 g/mol. The van der Waals surface area contributed by atoms with Crippen molar-refractivity contribution < 1.29 is 15.3 Å². The Balaban J connectivity index is 3.14. The van der Waals surface area contributed by atoms with Crippen LogP contribution in [0.15, 0.2) is 0 Å². The molecule has 0 aliphatic heterocycles. The maximum atomic E-state index is 8.87. The van der Waals surface area contributed by atoms with Crippen molar-refractivity contribution in [1.29, 1.82) is 0 Å². The summed E-state index contributed by atoms with van der Waals surface area (Å²) in [5.41, 5.74) is -2.67. The van der Waals surface area contributed by atoms with Gasteiger partial charge < -0.3 is 15.3 Å². The molecule has 0 rings (SSSR count). The molecule has 1 unspecified atom stereocenters. The Labute approximate surface area is 130 Å². The van der Waals surface area contributed by atoms with E-state index in [1.54, 1.807) is 0 Å². The molecule has 0 bridgehead atoms. The molecule has 3 N–H and O–H groups in total. The summed E-state index contributed by atoms with van der Waals surface area (Å²) in [6.07, 6.45) is 15.7. The molecule has 0 aromatic carbocycles. The molecule has 0 saturated carbocycles. The Morgan fingerprint density at radius 2 is 1.05 bits per heavy atom. The molecule has 0 aromatic heterocycles. The third-order valence-electron chi connectivity index (χ3n) is 3.53. The lowest BCUT2D eigenvalue weighted by molar-refractivity contribution is -0.239. The number of aliphatic hydroxyl groups is 3. The van der Waals surface area contributed by atoms with Crippen molar-refractivity contribution in [2.24, 2.45) is 0 Å². The summed E-state index contributed by atoms with van der Waals surface area (Å²) in [7, 11) is -1.62. The minimum atomic E-state index is -2.67. The molecule has 0 spiro atoms. The van der Waals surface area contributed by atoms with E-state index in [9.17, 15) is 0 Å². The maximum absolute atomic E-state index is 8.87. The quantitative estimate of drug-likeness (QED) is 0.241. The molecule has 122 valence electrons. The van der Waals surface area contributed by atoms with E-state index < -0.39 is 13.0 Å². The second kappa shape index (κ2) is 13.3. The molecular weight excluding hydrogens is 295 g/mol. The summed E-state index contributed by atoms with van der Waals surface area (Å²) >= 11 is 5.71. The summed E-state index contributed by atoms with van der Waals surface area (Å²) in [5, 5.41) is 26.6. The fourth-order valence-corrected chi connectivity index (χ4v) is 3.40. The lowest BCUT2D eigenvalue weighted by atomic mass is 10.1. The first-order valence-electron chi connectivity index (χ1n) is 8.09. The van der Waals surface area contributed by atoms with Gasteiger partial charge in [-0.1, -0.05) is 88.8 Å². The van der Waals surface area contributed by atoms with Gasteiger partial charge >= 0.3 is 5.71 Å². The lowest BCUT2D eigenvalue weighted by Gasteiger charge is -2.19. The Morgan fingerprint density at radius 1 is 0.700 bits per heavy atom. The van der Waals surface area contributed by atoms with Gasteiger partial charge in [-0.15, -0.1) is 0 Å². The Kier molecular flexibility index (Phi) is 13.7. The topological polar surface area (TPSA) is 60.7 Å². The van der Waals surface area contributed by atoms with Crippen LogP contribution in [0.1, 0.15) is 84.0 Å². The predicted octanol–water partition coefficient (Wildman–Crippen LogP) is 4.91. The first-order chi connectivity index (χ1) is 9.48. The minimum absolute atomic E-state index is 0.498. The third-order valence-corrected chi connectivity index (χ3v) is 6.08. The average Bonchev–Trinajstić information content (AvgIpc) is 2.38. The fraction of sp³-hybridized carbons (Fsp3) is 1.00. The van der Waals surface area contributed by atoms with Crippen molar-refractivity contribution in [3.05, 3.63) is 0 Å². The first kappa shape index (κ1) is 20.6. The molecule has 0 heterocycles. The molecule has 3 nitrogen and oxygen atoms in total. The minimum Gasteiger partial charge on any atom is -0.339 e. The summed E-state index contributed by atoms with van der Waals surface area (Å²) in [5.74, 6) is 0. The van der Waals surface area contributed by atoms with Crippen molar-refractivity contribution in [3.63, 3.8) is 0 Å². The van der Waals surface area contributed by atoms with E-state index in [0.717, 1.165) is 12.8 Å². The highest BCUT2D eigenvalue weighted by Gasteiger charge is 2.29. The van der Waals surface area contributed by atoms with Crippen LogP contribution in [-0.4, -0.2) is 27.2 Å². The number of halogens is 1. The predicted molar refractivity (Wildman–Crippen MR) is 88.1 cm³/mol. The van der Waals surface area contributed by atoms with E-state index in [1.807, 2.05) is 0 Å². The molecule has 1 atom stereocenters. The van der Waals surface area contributed by atoms with Crippen molar-refractivity contribution in [1.82, 2.24) is 0 Å². The van der Waals surface area contributed by atoms with Gasteiger partial charge in [-0.3, -0.25) is 0 Å². The normalized spacial score (nSPS) is 13.7. The number of unbranched alkanes of at least 4 members (excludes halogenated alkanes) is 11. The van der Waals surface area contributed by atoms with Gasteiger partial charge in [0.25, 0.3) is 0 Å². The van der Waals surface area contributed by atoms with Crippen LogP contribution in [0.25, 0.3) is 0 Å². The van der Waals surface area contributed by atoms with Gasteiger partial charge in [0.1, 0.15) is 0 Å². The Hall–Kier alpha value is 0.600. The summed E-state index contributed by atoms with van der Waals surface area (Å²) in [4.78, 5) is 0.